The minimum Gasteiger partial charge on any atom is -0.352 e. The summed E-state index contributed by atoms with van der Waals surface area (Å²) in [5.41, 5.74) is 20.2. The van der Waals surface area contributed by atoms with Gasteiger partial charge in [0.15, 0.2) is 0 Å². The predicted octanol–water partition coefficient (Wildman–Crippen LogP) is 1.74. The van der Waals surface area contributed by atoms with E-state index < -0.39 is 6.04 Å². The Hall–Kier alpha value is -2.21. The zero-order chi connectivity index (χ0) is 19.5. The second-order valence-electron chi connectivity index (χ2n) is 7.11. The Balaban J connectivity index is 1.93. The van der Waals surface area contributed by atoms with Crippen molar-refractivity contribution in [3.8, 4) is 0 Å². The highest BCUT2D eigenvalue weighted by molar-refractivity contribution is 5.81. The van der Waals surface area contributed by atoms with Gasteiger partial charge in [-0.05, 0) is 49.8 Å². The van der Waals surface area contributed by atoms with Crippen LogP contribution in [-0.4, -0.2) is 30.6 Å². The predicted molar refractivity (Wildman–Crippen MR) is 111 cm³/mol. The number of hydrogen-bond donors (Lipinski definition) is 4. The topological polar surface area (TPSA) is 107 Å². The largest absolute Gasteiger partial charge is 0.352 e. The molecule has 2 rings (SSSR count). The van der Waals surface area contributed by atoms with E-state index in [0.717, 1.165) is 25.7 Å². The number of carbonyl (C=O) groups excluding carboxylic acids is 1. The number of rotatable bonds is 11. The van der Waals surface area contributed by atoms with Gasteiger partial charge in [-0.3, -0.25) is 4.79 Å². The van der Waals surface area contributed by atoms with Crippen molar-refractivity contribution < 1.29 is 4.79 Å². The summed E-state index contributed by atoms with van der Waals surface area (Å²) in [5, 5.41) is 3.09. The Kier molecular flexibility index (Phi) is 8.98. The van der Waals surface area contributed by atoms with Gasteiger partial charge in [-0.2, -0.15) is 0 Å². The molecule has 0 saturated heterocycles. The van der Waals surface area contributed by atoms with Gasteiger partial charge in [0.1, 0.15) is 0 Å². The highest BCUT2D eigenvalue weighted by atomic mass is 16.2. The van der Waals surface area contributed by atoms with Crippen LogP contribution >= 0.6 is 0 Å². The Bertz CT molecular complexity index is 663. The van der Waals surface area contributed by atoms with Gasteiger partial charge in [0.05, 0.1) is 6.04 Å². The summed E-state index contributed by atoms with van der Waals surface area (Å²) in [5.74, 6) is -0.141. The molecule has 0 aliphatic heterocycles. The van der Waals surface area contributed by atoms with Crippen LogP contribution in [-0.2, 0) is 17.6 Å². The van der Waals surface area contributed by atoms with Gasteiger partial charge in [-0.1, -0.05) is 60.7 Å². The fourth-order valence-corrected chi connectivity index (χ4v) is 3.18. The van der Waals surface area contributed by atoms with E-state index >= 15 is 0 Å². The molecule has 0 spiro atoms. The molecule has 0 bridgehead atoms. The van der Waals surface area contributed by atoms with Crippen LogP contribution in [0.2, 0.25) is 0 Å². The maximum Gasteiger partial charge on any atom is 0.237 e. The van der Waals surface area contributed by atoms with Crippen molar-refractivity contribution in [1.29, 1.82) is 0 Å². The zero-order valence-electron chi connectivity index (χ0n) is 15.9. The summed E-state index contributed by atoms with van der Waals surface area (Å²) in [6, 6.07) is 19.9. The molecule has 146 valence electrons. The monoisotopic (exact) mass is 368 g/mol. The zero-order valence-corrected chi connectivity index (χ0v) is 15.9. The summed E-state index contributed by atoms with van der Waals surface area (Å²) in [6.45, 7) is 0.403. The second-order valence-corrected chi connectivity index (χ2v) is 7.11. The standard InChI is InChI=1S/C22H32N4O/c23-14-13-21(25)22(27)26-20(16-18-9-5-2-6-10-18)12-11-19(24)15-17-7-3-1-4-8-17/h1-10,19-21H,11-16,23-25H2,(H,26,27)/t19-,20-,21+/m1/s1. The third kappa shape index (κ3) is 7.91. The Labute approximate surface area is 162 Å². The minimum atomic E-state index is -0.564. The molecule has 1 amide bonds. The third-order valence-corrected chi connectivity index (χ3v) is 4.71. The normalized spacial score (nSPS) is 14.3. The number of benzene rings is 2. The van der Waals surface area contributed by atoms with Crippen LogP contribution in [0.15, 0.2) is 60.7 Å². The fraction of sp³-hybridized carbons (Fsp3) is 0.409. The highest BCUT2D eigenvalue weighted by Gasteiger charge is 2.19. The van der Waals surface area contributed by atoms with E-state index in [0.29, 0.717) is 13.0 Å². The average molecular weight is 369 g/mol. The molecular formula is C22H32N4O. The number of nitrogens with two attached hydrogens (primary N) is 3. The summed E-state index contributed by atoms with van der Waals surface area (Å²) < 4.78 is 0. The van der Waals surface area contributed by atoms with Crippen molar-refractivity contribution in [2.75, 3.05) is 6.54 Å². The lowest BCUT2D eigenvalue weighted by Gasteiger charge is -2.23. The molecule has 27 heavy (non-hydrogen) atoms. The summed E-state index contributed by atoms with van der Waals surface area (Å²) in [7, 11) is 0. The average Bonchev–Trinajstić information content (AvgIpc) is 2.68. The lowest BCUT2D eigenvalue weighted by molar-refractivity contribution is -0.123. The van der Waals surface area contributed by atoms with E-state index in [-0.39, 0.29) is 18.0 Å². The second kappa shape index (κ2) is 11.5. The molecule has 0 aromatic heterocycles. The maximum absolute atomic E-state index is 12.3. The van der Waals surface area contributed by atoms with Gasteiger partial charge in [-0.15, -0.1) is 0 Å². The van der Waals surface area contributed by atoms with E-state index in [2.05, 4.69) is 29.6 Å². The van der Waals surface area contributed by atoms with E-state index in [1.807, 2.05) is 36.4 Å². The van der Waals surface area contributed by atoms with E-state index in [9.17, 15) is 4.79 Å². The molecule has 0 unspecified atom stereocenters. The van der Waals surface area contributed by atoms with Crippen molar-refractivity contribution in [3.63, 3.8) is 0 Å². The first kappa shape index (κ1) is 21.1. The molecule has 2 aromatic carbocycles. The van der Waals surface area contributed by atoms with Gasteiger partial charge in [-0.25, -0.2) is 0 Å². The van der Waals surface area contributed by atoms with E-state index in [4.69, 9.17) is 17.2 Å². The Morgan fingerprint density at radius 3 is 1.93 bits per heavy atom. The number of amides is 1. The lowest BCUT2D eigenvalue weighted by Crippen LogP contribution is -2.47. The molecule has 2 aromatic rings. The van der Waals surface area contributed by atoms with Crippen molar-refractivity contribution in [3.05, 3.63) is 71.8 Å². The van der Waals surface area contributed by atoms with Crippen LogP contribution < -0.4 is 22.5 Å². The molecule has 7 N–H and O–H groups in total. The minimum absolute atomic E-state index is 0.00514. The first-order chi connectivity index (χ1) is 13.1. The number of hydrogen-bond acceptors (Lipinski definition) is 4. The maximum atomic E-state index is 12.3. The quantitative estimate of drug-likeness (QED) is 0.484. The van der Waals surface area contributed by atoms with Gasteiger partial charge < -0.3 is 22.5 Å². The van der Waals surface area contributed by atoms with E-state index in [1.54, 1.807) is 0 Å². The van der Waals surface area contributed by atoms with Gasteiger partial charge in [0.2, 0.25) is 5.91 Å². The van der Waals surface area contributed by atoms with Crippen LogP contribution in [0, 0.1) is 0 Å². The van der Waals surface area contributed by atoms with Gasteiger partial charge >= 0.3 is 0 Å². The summed E-state index contributed by atoms with van der Waals surface area (Å²) in [4.78, 5) is 12.3. The summed E-state index contributed by atoms with van der Waals surface area (Å²) in [6.07, 6.45) is 3.72. The van der Waals surface area contributed by atoms with Crippen molar-refractivity contribution in [2.45, 2.75) is 50.2 Å². The molecular weight excluding hydrogens is 336 g/mol. The molecule has 3 atom stereocenters. The third-order valence-electron chi connectivity index (χ3n) is 4.71. The lowest BCUT2D eigenvalue weighted by atomic mass is 9.96. The smallest absolute Gasteiger partial charge is 0.237 e. The molecule has 0 aliphatic rings. The van der Waals surface area contributed by atoms with Crippen LogP contribution in [0.25, 0.3) is 0 Å². The molecule has 5 nitrogen and oxygen atoms in total. The Morgan fingerprint density at radius 1 is 0.815 bits per heavy atom. The van der Waals surface area contributed by atoms with Crippen molar-refractivity contribution in [1.82, 2.24) is 5.32 Å². The Morgan fingerprint density at radius 2 is 1.37 bits per heavy atom. The molecule has 0 heterocycles. The molecule has 0 fully saturated rings. The van der Waals surface area contributed by atoms with E-state index in [1.165, 1.54) is 11.1 Å². The number of carbonyl (C=O) groups is 1. The van der Waals surface area contributed by atoms with Crippen LogP contribution in [0.1, 0.15) is 30.4 Å². The van der Waals surface area contributed by atoms with Gasteiger partial charge in [0, 0.05) is 12.1 Å². The van der Waals surface area contributed by atoms with Gasteiger partial charge in [0.25, 0.3) is 0 Å². The first-order valence-corrected chi connectivity index (χ1v) is 9.68. The number of nitrogens with one attached hydrogen (secondary N) is 1. The molecule has 0 saturated carbocycles. The molecule has 0 aliphatic carbocycles. The molecule has 0 radical (unpaired) electrons. The van der Waals surface area contributed by atoms with Crippen LogP contribution in [0.3, 0.4) is 0 Å². The first-order valence-electron chi connectivity index (χ1n) is 9.68. The van der Waals surface area contributed by atoms with Crippen molar-refractivity contribution >= 4 is 5.91 Å². The van der Waals surface area contributed by atoms with Crippen LogP contribution in [0.5, 0.6) is 0 Å². The summed E-state index contributed by atoms with van der Waals surface area (Å²) >= 11 is 0. The van der Waals surface area contributed by atoms with Crippen molar-refractivity contribution in [2.24, 2.45) is 17.2 Å². The fourth-order valence-electron chi connectivity index (χ4n) is 3.18. The SMILES string of the molecule is NCC[C@H](N)C(=O)N[C@H](CC[C@@H](N)Cc1ccccc1)Cc1ccccc1. The highest BCUT2D eigenvalue weighted by Crippen LogP contribution is 2.12. The molecule has 5 heteroatoms. The van der Waals surface area contributed by atoms with Crippen LogP contribution in [0.4, 0.5) is 0 Å².